The molecule has 0 radical (unpaired) electrons. The highest BCUT2D eigenvalue weighted by atomic mass is 16.6. The van der Waals surface area contributed by atoms with Gasteiger partial charge in [0, 0.05) is 6.42 Å². The molecule has 0 aromatic heterocycles. The van der Waals surface area contributed by atoms with Crippen molar-refractivity contribution in [2.45, 2.75) is 82.1 Å². The van der Waals surface area contributed by atoms with Gasteiger partial charge in [0.05, 0.1) is 6.61 Å². The van der Waals surface area contributed by atoms with Crippen molar-refractivity contribution >= 4 is 11.9 Å². The van der Waals surface area contributed by atoms with Crippen molar-refractivity contribution in [3.63, 3.8) is 0 Å². The third-order valence-electron chi connectivity index (χ3n) is 3.89. The lowest BCUT2D eigenvalue weighted by Gasteiger charge is -2.29. The highest BCUT2D eigenvalue weighted by Crippen LogP contribution is 2.13. The van der Waals surface area contributed by atoms with Gasteiger partial charge in [0.1, 0.15) is 30.5 Å². The molecular formula is C16H30O10. The van der Waals surface area contributed by atoms with Crippen molar-refractivity contribution in [1.82, 2.24) is 0 Å². The van der Waals surface area contributed by atoms with Gasteiger partial charge in [-0.05, 0) is 6.42 Å². The molecule has 0 heterocycles. The molecule has 0 fully saturated rings. The molecule has 6 unspecified atom stereocenters. The lowest BCUT2D eigenvalue weighted by molar-refractivity contribution is -0.183. The SMILES string of the molecule is CCCCCCCC(=O)OC(=O)C(O)C(O)C(O)C(O)C(O)C(O)CO. The Kier molecular flexibility index (Phi) is 12.5. The van der Waals surface area contributed by atoms with Crippen LogP contribution in [0.3, 0.4) is 0 Å². The zero-order valence-electron chi connectivity index (χ0n) is 14.8. The Bertz CT molecular complexity index is 416. The molecular weight excluding hydrogens is 352 g/mol. The van der Waals surface area contributed by atoms with Crippen LogP contribution in [-0.2, 0) is 14.3 Å². The smallest absolute Gasteiger partial charge is 0.345 e. The van der Waals surface area contributed by atoms with Crippen LogP contribution in [0, 0.1) is 0 Å². The minimum Gasteiger partial charge on any atom is -0.394 e. The number of unbranched alkanes of at least 4 members (excludes halogenated alkanes) is 4. The van der Waals surface area contributed by atoms with E-state index in [1.807, 2.05) is 6.92 Å². The number of ether oxygens (including phenoxy) is 1. The summed E-state index contributed by atoms with van der Waals surface area (Å²) in [6.07, 6.45) is -8.73. The molecule has 154 valence electrons. The van der Waals surface area contributed by atoms with Gasteiger partial charge in [0.2, 0.25) is 0 Å². The van der Waals surface area contributed by atoms with E-state index in [9.17, 15) is 40.2 Å². The van der Waals surface area contributed by atoms with E-state index in [0.717, 1.165) is 25.7 Å². The van der Waals surface area contributed by atoms with Gasteiger partial charge >= 0.3 is 11.9 Å². The van der Waals surface area contributed by atoms with Gasteiger partial charge in [0.15, 0.2) is 6.10 Å². The van der Waals surface area contributed by atoms with Crippen molar-refractivity contribution in [2.75, 3.05) is 6.61 Å². The summed E-state index contributed by atoms with van der Waals surface area (Å²) in [4.78, 5) is 23.1. The number of aliphatic hydroxyl groups is 7. The molecule has 0 aliphatic rings. The molecule has 0 aliphatic heterocycles. The number of aliphatic hydroxyl groups excluding tert-OH is 7. The van der Waals surface area contributed by atoms with E-state index in [2.05, 4.69) is 4.74 Å². The maximum Gasteiger partial charge on any atom is 0.345 e. The minimum atomic E-state index is -2.36. The van der Waals surface area contributed by atoms with Crippen LogP contribution < -0.4 is 0 Å². The number of esters is 2. The van der Waals surface area contributed by atoms with Crippen LogP contribution >= 0.6 is 0 Å². The van der Waals surface area contributed by atoms with E-state index in [-0.39, 0.29) is 6.42 Å². The second-order valence-electron chi connectivity index (χ2n) is 6.11. The summed E-state index contributed by atoms with van der Waals surface area (Å²) in [5, 5.41) is 65.9. The van der Waals surface area contributed by atoms with Gasteiger partial charge in [-0.25, -0.2) is 4.79 Å². The minimum absolute atomic E-state index is 0.0507. The first-order chi connectivity index (χ1) is 12.2. The van der Waals surface area contributed by atoms with E-state index in [1.54, 1.807) is 0 Å². The van der Waals surface area contributed by atoms with Gasteiger partial charge in [-0.1, -0.05) is 32.6 Å². The van der Waals surface area contributed by atoms with Gasteiger partial charge in [-0.3, -0.25) is 4.79 Å². The van der Waals surface area contributed by atoms with E-state index in [0.29, 0.717) is 6.42 Å². The summed E-state index contributed by atoms with van der Waals surface area (Å²) in [7, 11) is 0. The number of hydrogen-bond acceptors (Lipinski definition) is 10. The van der Waals surface area contributed by atoms with Gasteiger partial charge in [-0.15, -0.1) is 0 Å². The largest absolute Gasteiger partial charge is 0.394 e. The van der Waals surface area contributed by atoms with Crippen LogP contribution in [0.25, 0.3) is 0 Å². The Morgan fingerprint density at radius 2 is 1.35 bits per heavy atom. The van der Waals surface area contributed by atoms with Crippen LogP contribution in [0.2, 0.25) is 0 Å². The monoisotopic (exact) mass is 382 g/mol. The third kappa shape index (κ3) is 8.49. The molecule has 7 N–H and O–H groups in total. The average Bonchev–Trinajstić information content (AvgIpc) is 2.63. The van der Waals surface area contributed by atoms with Crippen LogP contribution in [-0.4, -0.2) is 90.9 Å². The molecule has 0 rings (SSSR count). The van der Waals surface area contributed by atoms with Crippen molar-refractivity contribution in [2.24, 2.45) is 0 Å². The summed E-state index contributed by atoms with van der Waals surface area (Å²) in [5.74, 6) is -2.41. The van der Waals surface area contributed by atoms with Crippen LogP contribution in [0.15, 0.2) is 0 Å². The highest BCUT2D eigenvalue weighted by molar-refractivity contribution is 5.88. The Balaban J connectivity index is 4.45. The summed E-state index contributed by atoms with van der Waals surface area (Å²) in [6.45, 7) is 1.10. The molecule has 10 heteroatoms. The summed E-state index contributed by atoms with van der Waals surface area (Å²) in [6, 6.07) is 0. The molecule has 0 amide bonds. The Morgan fingerprint density at radius 3 is 1.88 bits per heavy atom. The predicted octanol–water partition coefficient (Wildman–Crippen LogP) is -2.43. The van der Waals surface area contributed by atoms with Crippen LogP contribution in [0.4, 0.5) is 0 Å². The second kappa shape index (κ2) is 13.1. The Morgan fingerprint density at radius 1 is 0.808 bits per heavy atom. The van der Waals surface area contributed by atoms with Gasteiger partial charge in [-0.2, -0.15) is 0 Å². The summed E-state index contributed by atoms with van der Waals surface area (Å²) < 4.78 is 4.37. The van der Waals surface area contributed by atoms with Crippen LogP contribution in [0.1, 0.15) is 45.4 Å². The average molecular weight is 382 g/mol. The molecule has 10 nitrogen and oxygen atoms in total. The first-order valence-corrected chi connectivity index (χ1v) is 8.61. The molecule has 0 saturated heterocycles. The summed E-state index contributed by atoms with van der Waals surface area (Å²) >= 11 is 0. The highest BCUT2D eigenvalue weighted by Gasteiger charge is 2.40. The van der Waals surface area contributed by atoms with E-state index >= 15 is 0 Å². The fourth-order valence-corrected chi connectivity index (χ4v) is 2.16. The van der Waals surface area contributed by atoms with Gasteiger partial charge < -0.3 is 40.5 Å². The molecule has 0 saturated carbocycles. The van der Waals surface area contributed by atoms with E-state index in [1.165, 1.54) is 0 Å². The molecule has 0 spiro atoms. The molecule has 0 aromatic rings. The topological polar surface area (TPSA) is 185 Å². The number of carbonyl (C=O) groups is 2. The molecule has 0 bridgehead atoms. The normalized spacial score (nSPS) is 18.5. The lowest BCUT2D eigenvalue weighted by Crippen LogP contribution is -2.54. The first-order valence-electron chi connectivity index (χ1n) is 8.61. The van der Waals surface area contributed by atoms with Crippen molar-refractivity contribution < 1.29 is 50.1 Å². The lowest BCUT2D eigenvalue weighted by atomic mass is 9.96. The molecule has 6 atom stereocenters. The zero-order chi connectivity index (χ0) is 20.3. The second-order valence-corrected chi connectivity index (χ2v) is 6.11. The molecule has 0 aromatic carbocycles. The quantitative estimate of drug-likeness (QED) is 0.103. The maximum atomic E-state index is 11.6. The number of rotatable bonds is 13. The fourth-order valence-electron chi connectivity index (χ4n) is 2.16. The van der Waals surface area contributed by atoms with Crippen molar-refractivity contribution in [1.29, 1.82) is 0 Å². The van der Waals surface area contributed by atoms with Crippen molar-refractivity contribution in [3.8, 4) is 0 Å². The van der Waals surface area contributed by atoms with E-state index < -0.39 is 55.2 Å². The Hall–Kier alpha value is -1.14. The summed E-state index contributed by atoms with van der Waals surface area (Å²) in [5.41, 5.74) is 0. The van der Waals surface area contributed by atoms with Crippen molar-refractivity contribution in [3.05, 3.63) is 0 Å². The number of carbonyl (C=O) groups excluding carboxylic acids is 2. The molecule has 0 aliphatic carbocycles. The third-order valence-corrected chi connectivity index (χ3v) is 3.89. The van der Waals surface area contributed by atoms with Gasteiger partial charge in [0.25, 0.3) is 0 Å². The predicted molar refractivity (Wildman–Crippen MR) is 87.6 cm³/mol. The Labute approximate surface area is 151 Å². The van der Waals surface area contributed by atoms with E-state index in [4.69, 9.17) is 5.11 Å². The number of hydrogen-bond donors (Lipinski definition) is 7. The first kappa shape index (κ1) is 24.9. The maximum absolute atomic E-state index is 11.6. The standard InChI is InChI=1S/C16H30O10/c1-2-3-4-5-6-7-10(19)26-16(25)15(24)14(23)13(22)12(21)11(20)9(18)8-17/h9,11-15,17-18,20-24H,2-8H2,1H3. The molecule has 26 heavy (non-hydrogen) atoms. The zero-order valence-corrected chi connectivity index (χ0v) is 14.8. The van der Waals surface area contributed by atoms with Crippen LogP contribution in [0.5, 0.6) is 0 Å². The fraction of sp³-hybridized carbons (Fsp3) is 0.875.